The third-order valence-corrected chi connectivity index (χ3v) is 6.07. The Morgan fingerprint density at radius 2 is 1.96 bits per heavy atom. The van der Waals surface area contributed by atoms with E-state index in [1.54, 1.807) is 27.7 Å². The van der Waals surface area contributed by atoms with Crippen LogP contribution in [0.4, 0.5) is 0 Å². The molecule has 3 rings (SSSR count). The molecular formula is C15H22N4O3S. The molecule has 0 aliphatic heterocycles. The van der Waals surface area contributed by atoms with E-state index in [0.29, 0.717) is 34.7 Å². The minimum atomic E-state index is -3.58. The van der Waals surface area contributed by atoms with Crippen LogP contribution in [0.5, 0.6) is 0 Å². The molecule has 0 radical (unpaired) electrons. The van der Waals surface area contributed by atoms with Crippen molar-refractivity contribution in [1.29, 1.82) is 0 Å². The van der Waals surface area contributed by atoms with Crippen LogP contribution >= 0.6 is 0 Å². The molecular weight excluding hydrogens is 316 g/mol. The molecule has 8 heteroatoms. The highest BCUT2D eigenvalue weighted by atomic mass is 32.2. The predicted octanol–water partition coefficient (Wildman–Crippen LogP) is 2.64. The lowest BCUT2D eigenvalue weighted by molar-refractivity contribution is 0.338. The summed E-state index contributed by atoms with van der Waals surface area (Å²) in [4.78, 5) is 3.34. The lowest BCUT2D eigenvalue weighted by Crippen LogP contribution is -2.30. The molecule has 0 aromatic carbocycles. The first kappa shape index (κ1) is 16.2. The van der Waals surface area contributed by atoms with Crippen LogP contribution in [0, 0.1) is 13.8 Å². The molecule has 0 atom stereocenters. The van der Waals surface area contributed by atoms with Gasteiger partial charge < -0.3 is 9.40 Å². The predicted molar refractivity (Wildman–Crippen MR) is 85.6 cm³/mol. The Labute approximate surface area is 135 Å². The monoisotopic (exact) mass is 338 g/mol. The molecule has 1 aliphatic rings. The van der Waals surface area contributed by atoms with Crippen LogP contribution in [0.2, 0.25) is 0 Å². The maximum absolute atomic E-state index is 12.5. The van der Waals surface area contributed by atoms with E-state index in [9.17, 15) is 8.42 Å². The average Bonchev–Trinajstić information content (AvgIpc) is 2.90. The lowest BCUT2D eigenvalue weighted by Gasteiger charge is -2.20. The maximum Gasteiger partial charge on any atom is 0.264 e. The van der Waals surface area contributed by atoms with Gasteiger partial charge in [0.15, 0.2) is 0 Å². The van der Waals surface area contributed by atoms with Gasteiger partial charge in [-0.05, 0) is 46.1 Å². The third-order valence-electron chi connectivity index (χ3n) is 4.14. The molecule has 0 bridgehead atoms. The number of hydrogen-bond acceptors (Lipinski definition) is 5. The number of aromatic amines is 1. The standard InChI is InChI=1S/C15H22N4O3S/c1-8(2)19-23(20,21)13-9(3)12(16-10(13)4)15-18-17-14(22-15)11-6-5-7-11/h8,11,16,19H,5-7H2,1-4H3. The highest BCUT2D eigenvalue weighted by Gasteiger charge is 2.29. The number of sulfonamides is 1. The fourth-order valence-electron chi connectivity index (χ4n) is 2.87. The van der Waals surface area contributed by atoms with E-state index >= 15 is 0 Å². The Balaban J connectivity index is 1.99. The van der Waals surface area contributed by atoms with E-state index in [2.05, 4.69) is 19.9 Å². The number of aromatic nitrogens is 3. The van der Waals surface area contributed by atoms with Crippen LogP contribution in [0.15, 0.2) is 9.31 Å². The summed E-state index contributed by atoms with van der Waals surface area (Å²) in [6, 6.07) is -0.175. The van der Waals surface area contributed by atoms with Crippen molar-refractivity contribution < 1.29 is 12.8 Å². The molecule has 2 heterocycles. The fraction of sp³-hybridized carbons (Fsp3) is 0.600. The highest BCUT2D eigenvalue weighted by molar-refractivity contribution is 7.89. The van der Waals surface area contributed by atoms with Crippen molar-refractivity contribution in [3.05, 3.63) is 17.1 Å². The Bertz CT molecular complexity index is 816. The largest absolute Gasteiger partial charge is 0.419 e. The molecule has 2 N–H and O–H groups in total. The summed E-state index contributed by atoms with van der Waals surface area (Å²) in [7, 11) is -3.58. The van der Waals surface area contributed by atoms with Crippen molar-refractivity contribution >= 4 is 10.0 Å². The van der Waals surface area contributed by atoms with Crippen LogP contribution in [0.25, 0.3) is 11.6 Å². The van der Waals surface area contributed by atoms with Gasteiger partial charge in [0, 0.05) is 17.7 Å². The van der Waals surface area contributed by atoms with Gasteiger partial charge in [0.05, 0.1) is 0 Å². The molecule has 0 saturated heterocycles. The zero-order chi connectivity index (χ0) is 16.8. The summed E-state index contributed by atoms with van der Waals surface area (Å²) in [6.07, 6.45) is 3.33. The minimum absolute atomic E-state index is 0.175. The summed E-state index contributed by atoms with van der Waals surface area (Å²) in [5, 5.41) is 8.19. The van der Waals surface area contributed by atoms with Gasteiger partial charge in [-0.1, -0.05) is 6.42 Å². The summed E-state index contributed by atoms with van der Waals surface area (Å²) in [6.45, 7) is 7.06. The van der Waals surface area contributed by atoms with Crippen molar-refractivity contribution in [3.63, 3.8) is 0 Å². The van der Waals surface area contributed by atoms with Gasteiger partial charge in [-0.3, -0.25) is 0 Å². The quantitative estimate of drug-likeness (QED) is 0.873. The Hall–Kier alpha value is -1.67. The van der Waals surface area contributed by atoms with Gasteiger partial charge in [-0.2, -0.15) is 0 Å². The summed E-state index contributed by atoms with van der Waals surface area (Å²) in [5.41, 5.74) is 1.73. The SMILES string of the molecule is Cc1[nH]c(-c2nnc(C3CCC3)o2)c(C)c1S(=O)(=O)NC(C)C. The number of nitrogens with one attached hydrogen (secondary N) is 2. The lowest BCUT2D eigenvalue weighted by atomic mass is 9.85. The molecule has 1 saturated carbocycles. The number of hydrogen-bond donors (Lipinski definition) is 2. The number of nitrogens with zero attached hydrogens (tertiary/aromatic N) is 2. The molecule has 0 spiro atoms. The molecule has 0 amide bonds. The van der Waals surface area contributed by atoms with E-state index in [4.69, 9.17) is 4.42 Å². The van der Waals surface area contributed by atoms with Crippen LogP contribution < -0.4 is 4.72 Å². The first-order chi connectivity index (χ1) is 10.8. The summed E-state index contributed by atoms with van der Waals surface area (Å²) < 4.78 is 33.4. The average molecular weight is 338 g/mol. The molecule has 2 aromatic rings. The zero-order valence-corrected chi connectivity index (χ0v) is 14.6. The first-order valence-electron chi connectivity index (χ1n) is 7.85. The minimum Gasteiger partial charge on any atom is -0.419 e. The second-order valence-electron chi connectivity index (χ2n) is 6.43. The van der Waals surface area contributed by atoms with Crippen LogP contribution in [-0.2, 0) is 10.0 Å². The van der Waals surface area contributed by atoms with Crippen LogP contribution in [0.1, 0.15) is 56.2 Å². The molecule has 23 heavy (non-hydrogen) atoms. The van der Waals surface area contributed by atoms with E-state index in [0.717, 1.165) is 12.8 Å². The highest BCUT2D eigenvalue weighted by Crippen LogP contribution is 2.37. The first-order valence-corrected chi connectivity index (χ1v) is 9.33. The van der Waals surface area contributed by atoms with Crippen LogP contribution in [-0.4, -0.2) is 29.6 Å². The van der Waals surface area contributed by atoms with Crippen molar-refractivity contribution in [2.75, 3.05) is 0 Å². The number of H-pyrrole nitrogens is 1. The van der Waals surface area contributed by atoms with Gasteiger partial charge in [0.1, 0.15) is 10.6 Å². The Kier molecular flexibility index (Phi) is 4.05. The Morgan fingerprint density at radius 3 is 2.52 bits per heavy atom. The van der Waals surface area contributed by atoms with Gasteiger partial charge in [0.25, 0.3) is 5.89 Å². The molecule has 7 nitrogen and oxygen atoms in total. The molecule has 126 valence electrons. The van der Waals surface area contributed by atoms with Crippen molar-refractivity contribution in [1.82, 2.24) is 19.9 Å². The Morgan fingerprint density at radius 1 is 1.26 bits per heavy atom. The van der Waals surface area contributed by atoms with Crippen molar-refractivity contribution in [2.24, 2.45) is 0 Å². The van der Waals surface area contributed by atoms with E-state index < -0.39 is 10.0 Å². The smallest absolute Gasteiger partial charge is 0.264 e. The fourth-order valence-corrected chi connectivity index (χ4v) is 4.57. The zero-order valence-electron chi connectivity index (χ0n) is 13.8. The van der Waals surface area contributed by atoms with E-state index in [1.807, 2.05) is 0 Å². The molecule has 2 aromatic heterocycles. The summed E-state index contributed by atoms with van der Waals surface area (Å²) in [5.74, 6) is 1.33. The van der Waals surface area contributed by atoms with E-state index in [-0.39, 0.29) is 10.9 Å². The van der Waals surface area contributed by atoms with Gasteiger partial charge in [0.2, 0.25) is 15.9 Å². The van der Waals surface area contributed by atoms with Gasteiger partial charge in [-0.15, -0.1) is 10.2 Å². The van der Waals surface area contributed by atoms with E-state index in [1.165, 1.54) is 6.42 Å². The van der Waals surface area contributed by atoms with Crippen LogP contribution in [0.3, 0.4) is 0 Å². The third kappa shape index (κ3) is 2.92. The number of aryl methyl sites for hydroxylation is 1. The number of rotatable bonds is 5. The van der Waals surface area contributed by atoms with Gasteiger partial charge >= 0.3 is 0 Å². The molecule has 0 unspecified atom stereocenters. The topological polar surface area (TPSA) is 101 Å². The second kappa shape index (κ2) is 5.76. The second-order valence-corrected chi connectivity index (χ2v) is 8.08. The van der Waals surface area contributed by atoms with Crippen molar-refractivity contribution in [3.8, 4) is 11.6 Å². The molecule has 1 fully saturated rings. The van der Waals surface area contributed by atoms with Crippen molar-refractivity contribution in [2.45, 2.75) is 63.8 Å². The van der Waals surface area contributed by atoms with Gasteiger partial charge in [-0.25, -0.2) is 13.1 Å². The normalized spacial score (nSPS) is 16.0. The summed E-state index contributed by atoms with van der Waals surface area (Å²) >= 11 is 0. The maximum atomic E-state index is 12.5. The molecule has 1 aliphatic carbocycles.